The highest BCUT2D eigenvalue weighted by Gasteiger charge is 2.40. The lowest BCUT2D eigenvalue weighted by Crippen LogP contribution is -3.10. The van der Waals surface area contributed by atoms with Crippen LogP contribution in [0.3, 0.4) is 0 Å². The van der Waals surface area contributed by atoms with Crippen molar-refractivity contribution < 1.29 is 14.6 Å². The highest BCUT2D eigenvalue weighted by Crippen LogP contribution is 2.38. The number of benzene rings is 1. The normalized spacial score (nSPS) is 30.6. The maximum absolute atomic E-state index is 12.1. The Morgan fingerprint density at radius 1 is 1.44 bits per heavy atom. The Hall–Kier alpha value is -1.39. The first-order valence-corrected chi connectivity index (χ1v) is 6.40. The topological polar surface area (TPSA) is 53.8 Å². The molecule has 1 aliphatic carbocycles. The van der Waals surface area contributed by atoms with Crippen LogP contribution in [-0.2, 0) is 11.2 Å². The minimum absolute atomic E-state index is 0.0580. The smallest absolute Gasteiger partial charge is 0.195 e. The molecule has 1 heterocycles. The molecule has 2 aliphatic rings. The molecular weight excluding hydrogens is 230 g/mol. The van der Waals surface area contributed by atoms with Crippen molar-refractivity contribution in [3.8, 4) is 5.75 Å². The number of fused-ring (bicyclic) bond motifs is 3. The van der Waals surface area contributed by atoms with E-state index in [0.29, 0.717) is 6.54 Å². The second kappa shape index (κ2) is 4.37. The number of ether oxygens (including phenoxy) is 1. The zero-order chi connectivity index (χ0) is 12.7. The van der Waals surface area contributed by atoms with Crippen molar-refractivity contribution in [1.29, 1.82) is 0 Å². The molecule has 3 unspecified atom stereocenters. The number of ketones is 1. The van der Waals surface area contributed by atoms with E-state index in [1.165, 1.54) is 5.56 Å². The summed E-state index contributed by atoms with van der Waals surface area (Å²) in [5, 5.41) is 11.6. The number of aryl methyl sites for hydroxylation is 1. The Morgan fingerprint density at radius 2 is 2.28 bits per heavy atom. The van der Waals surface area contributed by atoms with Crippen LogP contribution >= 0.6 is 0 Å². The number of piperidine rings is 1. The van der Waals surface area contributed by atoms with Crippen LogP contribution in [-0.4, -0.2) is 26.0 Å². The summed E-state index contributed by atoms with van der Waals surface area (Å²) in [6.45, 7) is 0.689. The molecule has 0 radical (unpaired) electrons. The summed E-state index contributed by atoms with van der Waals surface area (Å²) in [4.78, 5) is 12.1. The third-order valence-corrected chi connectivity index (χ3v) is 4.15. The van der Waals surface area contributed by atoms with Gasteiger partial charge in [-0.15, -0.1) is 0 Å². The van der Waals surface area contributed by atoms with Gasteiger partial charge in [0.25, 0.3) is 0 Å². The van der Waals surface area contributed by atoms with Crippen LogP contribution in [0, 0.1) is 11.1 Å². The zero-order valence-corrected chi connectivity index (χ0v) is 10.4. The molecular formula is C14H17NO3. The van der Waals surface area contributed by atoms with Crippen LogP contribution in [0.2, 0.25) is 0 Å². The van der Waals surface area contributed by atoms with E-state index in [1.807, 2.05) is 18.2 Å². The fourth-order valence-corrected chi connectivity index (χ4v) is 3.32. The molecule has 3 rings (SSSR count). The molecule has 0 bridgehead atoms. The average Bonchev–Trinajstić information content (AvgIpc) is 2.37. The standard InChI is InChI=1S/C14H17NO3/c1-18-11-4-5-12-9(6-11)2-3-10-7-15(17)8-13(16)14(10)12/h4-6,10,14-15H,2-3,7-8H2,1H3. The molecule has 1 aliphatic heterocycles. The predicted octanol–water partition coefficient (Wildman–Crippen LogP) is 0.307. The van der Waals surface area contributed by atoms with Gasteiger partial charge in [-0.2, -0.15) is 0 Å². The minimum Gasteiger partial charge on any atom is -0.634 e. The van der Waals surface area contributed by atoms with E-state index in [0.717, 1.165) is 24.2 Å². The van der Waals surface area contributed by atoms with Gasteiger partial charge in [-0.3, -0.25) is 4.79 Å². The fraction of sp³-hybridized carbons (Fsp3) is 0.500. The molecule has 18 heavy (non-hydrogen) atoms. The lowest BCUT2D eigenvalue weighted by atomic mass is 9.71. The van der Waals surface area contributed by atoms with Crippen LogP contribution in [0.15, 0.2) is 18.2 Å². The predicted molar refractivity (Wildman–Crippen MR) is 66.6 cm³/mol. The van der Waals surface area contributed by atoms with Gasteiger partial charge in [-0.05, 0) is 36.1 Å². The first-order chi connectivity index (χ1) is 8.69. The lowest BCUT2D eigenvalue weighted by molar-refractivity contribution is -0.847. The van der Waals surface area contributed by atoms with E-state index in [1.54, 1.807) is 7.11 Å². The molecule has 0 spiro atoms. The first-order valence-electron chi connectivity index (χ1n) is 6.40. The van der Waals surface area contributed by atoms with Gasteiger partial charge in [0.2, 0.25) is 0 Å². The third-order valence-electron chi connectivity index (χ3n) is 4.15. The number of Topliss-reactive ketones (excluding diaryl/α,β-unsaturated/α-hetero) is 1. The van der Waals surface area contributed by atoms with Crippen molar-refractivity contribution in [2.75, 3.05) is 20.2 Å². The van der Waals surface area contributed by atoms with Crippen molar-refractivity contribution >= 4 is 5.78 Å². The Labute approximate surface area is 106 Å². The van der Waals surface area contributed by atoms with E-state index in [9.17, 15) is 10.0 Å². The van der Waals surface area contributed by atoms with Gasteiger partial charge in [0.05, 0.1) is 19.6 Å². The zero-order valence-electron chi connectivity index (χ0n) is 10.4. The van der Waals surface area contributed by atoms with E-state index in [-0.39, 0.29) is 29.2 Å². The Balaban J connectivity index is 1.99. The summed E-state index contributed by atoms with van der Waals surface area (Å²) < 4.78 is 5.22. The van der Waals surface area contributed by atoms with Gasteiger partial charge in [0, 0.05) is 5.92 Å². The molecule has 0 aromatic heterocycles. The molecule has 0 saturated carbocycles. The number of hydroxylamine groups is 2. The van der Waals surface area contributed by atoms with Gasteiger partial charge >= 0.3 is 0 Å². The van der Waals surface area contributed by atoms with Crippen LogP contribution < -0.4 is 9.80 Å². The van der Waals surface area contributed by atoms with Crippen LogP contribution in [0.4, 0.5) is 0 Å². The van der Waals surface area contributed by atoms with Gasteiger partial charge in [-0.1, -0.05) is 6.07 Å². The van der Waals surface area contributed by atoms with E-state index in [4.69, 9.17) is 4.74 Å². The van der Waals surface area contributed by atoms with Crippen molar-refractivity contribution in [2.24, 2.45) is 5.92 Å². The quantitative estimate of drug-likeness (QED) is 0.727. The molecule has 1 N–H and O–H groups in total. The monoisotopic (exact) mass is 247 g/mol. The van der Waals surface area contributed by atoms with Crippen molar-refractivity contribution in [1.82, 2.24) is 0 Å². The Bertz CT molecular complexity index is 486. The summed E-state index contributed by atoms with van der Waals surface area (Å²) in [6.07, 6.45) is 1.87. The summed E-state index contributed by atoms with van der Waals surface area (Å²) in [6, 6.07) is 5.93. The number of methoxy groups -OCH3 is 1. The van der Waals surface area contributed by atoms with E-state index >= 15 is 0 Å². The number of rotatable bonds is 1. The number of carbonyl (C=O) groups excluding carboxylic acids is 1. The lowest BCUT2D eigenvalue weighted by Gasteiger charge is -2.40. The largest absolute Gasteiger partial charge is 0.634 e. The molecule has 96 valence electrons. The molecule has 0 amide bonds. The summed E-state index contributed by atoms with van der Waals surface area (Å²) in [7, 11) is 1.65. The van der Waals surface area contributed by atoms with Crippen LogP contribution in [0.25, 0.3) is 0 Å². The van der Waals surface area contributed by atoms with Crippen LogP contribution in [0.5, 0.6) is 5.75 Å². The molecule has 4 nitrogen and oxygen atoms in total. The maximum Gasteiger partial charge on any atom is 0.195 e. The SMILES string of the molecule is COc1ccc2c(c1)CCC1C[NH+]([O-])CC(=O)C21. The van der Waals surface area contributed by atoms with Gasteiger partial charge < -0.3 is 15.0 Å². The highest BCUT2D eigenvalue weighted by atomic mass is 16.5. The highest BCUT2D eigenvalue weighted by molar-refractivity contribution is 5.88. The fourth-order valence-electron chi connectivity index (χ4n) is 3.32. The van der Waals surface area contributed by atoms with Crippen LogP contribution in [0.1, 0.15) is 23.5 Å². The molecule has 1 aromatic carbocycles. The third kappa shape index (κ3) is 1.82. The van der Waals surface area contributed by atoms with E-state index < -0.39 is 0 Å². The van der Waals surface area contributed by atoms with Crippen molar-refractivity contribution in [2.45, 2.75) is 18.8 Å². The molecule has 4 heteroatoms. The summed E-state index contributed by atoms with van der Waals surface area (Å²) in [5.74, 6) is 1.10. The Kier molecular flexibility index (Phi) is 2.84. The first kappa shape index (κ1) is 11.7. The van der Waals surface area contributed by atoms with Crippen molar-refractivity contribution in [3.63, 3.8) is 0 Å². The maximum atomic E-state index is 12.1. The number of hydrogen-bond donors (Lipinski definition) is 1. The minimum atomic E-state index is -0.0580. The summed E-state index contributed by atoms with van der Waals surface area (Å²) >= 11 is 0. The number of hydrogen-bond acceptors (Lipinski definition) is 3. The average molecular weight is 247 g/mol. The number of nitrogens with one attached hydrogen (secondary N) is 1. The molecule has 1 saturated heterocycles. The number of quaternary nitrogens is 1. The molecule has 1 fully saturated rings. The van der Waals surface area contributed by atoms with Gasteiger partial charge in [0.1, 0.15) is 12.3 Å². The molecule has 3 atom stereocenters. The van der Waals surface area contributed by atoms with Gasteiger partial charge in [0.15, 0.2) is 5.78 Å². The Morgan fingerprint density at radius 3 is 3.06 bits per heavy atom. The van der Waals surface area contributed by atoms with Gasteiger partial charge in [-0.25, -0.2) is 0 Å². The molecule has 1 aromatic rings. The summed E-state index contributed by atoms with van der Waals surface area (Å²) in [5.41, 5.74) is 2.32. The van der Waals surface area contributed by atoms with Crippen molar-refractivity contribution in [3.05, 3.63) is 34.5 Å². The second-order valence-electron chi connectivity index (χ2n) is 5.23. The number of carbonyl (C=O) groups is 1. The van der Waals surface area contributed by atoms with E-state index in [2.05, 4.69) is 0 Å². The second-order valence-corrected chi connectivity index (χ2v) is 5.23.